The van der Waals surface area contributed by atoms with Crippen LogP contribution in [0.1, 0.15) is 0 Å². The second kappa shape index (κ2) is 3.98. The second-order valence-electron chi connectivity index (χ2n) is 1.26. The van der Waals surface area contributed by atoms with Crippen molar-refractivity contribution in [3.8, 4) is 0 Å². The summed E-state index contributed by atoms with van der Waals surface area (Å²) in [6, 6.07) is 0. The lowest BCUT2D eigenvalue weighted by atomic mass is 10.9. The third kappa shape index (κ3) is 2.77. The van der Waals surface area contributed by atoms with Crippen LogP contribution < -0.4 is 0 Å². The van der Waals surface area contributed by atoms with Crippen LogP contribution in [0.4, 0.5) is 0 Å². The quantitative estimate of drug-likeness (QED) is 0.488. The first-order chi connectivity index (χ1) is 3.50. The third-order valence-electron chi connectivity index (χ3n) is 0.705. The topological polar surface area (TPSA) is 0 Å². The van der Waals surface area contributed by atoms with E-state index in [1.165, 1.54) is 23.0 Å². The maximum Gasteiger partial charge on any atom is 0.0128 e. The van der Waals surface area contributed by atoms with Gasteiger partial charge >= 0.3 is 0 Å². The lowest BCUT2D eigenvalue weighted by Gasteiger charge is -1.85. The Morgan fingerprint density at radius 1 is 0.714 bits per heavy atom. The van der Waals surface area contributed by atoms with Gasteiger partial charge in [-0.2, -0.15) is 11.8 Å². The van der Waals surface area contributed by atoms with Crippen LogP contribution >= 0.6 is 33.3 Å². The molecule has 1 fully saturated rings. The van der Waals surface area contributed by atoms with Crippen molar-refractivity contribution in [3.63, 3.8) is 0 Å². The second-order valence-corrected chi connectivity index (χ2v) is 5.18. The highest BCUT2D eigenvalue weighted by molar-refractivity contribution is 8.76. The molecule has 0 N–H and O–H groups in total. The van der Waals surface area contributed by atoms with Crippen molar-refractivity contribution in [3.05, 3.63) is 0 Å². The zero-order chi connectivity index (χ0) is 4.95. The molecule has 1 aliphatic heterocycles. The Balaban J connectivity index is 2.04. The minimum Gasteiger partial charge on any atom is -0.160 e. The average molecular weight is 152 g/mol. The van der Waals surface area contributed by atoms with Gasteiger partial charge in [-0.3, -0.25) is 0 Å². The van der Waals surface area contributed by atoms with E-state index < -0.39 is 0 Å². The molecule has 3 heteroatoms. The van der Waals surface area contributed by atoms with Gasteiger partial charge in [-0.15, -0.1) is 0 Å². The Morgan fingerprint density at radius 2 is 1.29 bits per heavy atom. The summed E-state index contributed by atoms with van der Waals surface area (Å²) in [6.07, 6.45) is 0. The first-order valence-electron chi connectivity index (χ1n) is 2.32. The van der Waals surface area contributed by atoms with Crippen LogP contribution in [0.3, 0.4) is 0 Å². The molecule has 1 heterocycles. The van der Waals surface area contributed by atoms with Crippen molar-refractivity contribution in [2.24, 2.45) is 0 Å². The van der Waals surface area contributed by atoms with E-state index in [1.807, 2.05) is 21.6 Å². The van der Waals surface area contributed by atoms with Gasteiger partial charge in [0.1, 0.15) is 0 Å². The Kier molecular flexibility index (Phi) is 3.51. The first-order valence-corrected chi connectivity index (χ1v) is 5.96. The van der Waals surface area contributed by atoms with Crippen LogP contribution in [0, 0.1) is 0 Å². The Morgan fingerprint density at radius 3 is 1.86 bits per heavy atom. The molecule has 0 aromatic heterocycles. The first kappa shape index (κ1) is 6.17. The minimum atomic E-state index is 1.34. The molecule has 42 valence electrons. The van der Waals surface area contributed by atoms with Crippen molar-refractivity contribution < 1.29 is 0 Å². The molecule has 1 rings (SSSR count). The summed E-state index contributed by atoms with van der Waals surface area (Å²) in [5, 5.41) is 0. The molecule has 0 saturated carbocycles. The maximum absolute atomic E-state index is 2.07. The van der Waals surface area contributed by atoms with Gasteiger partial charge in [0.05, 0.1) is 0 Å². The molecular formula is C4H8S3. The fourth-order valence-electron chi connectivity index (χ4n) is 0.406. The largest absolute Gasteiger partial charge is 0.160 e. The molecule has 0 spiro atoms. The average Bonchev–Trinajstić information content (AvgIpc) is 1.90. The molecule has 0 bridgehead atoms. The van der Waals surface area contributed by atoms with Crippen LogP contribution in [0.5, 0.6) is 0 Å². The Labute approximate surface area is 56.6 Å². The molecule has 1 saturated heterocycles. The monoisotopic (exact) mass is 152 g/mol. The molecule has 1 aliphatic rings. The van der Waals surface area contributed by atoms with Crippen molar-refractivity contribution >= 4 is 33.3 Å². The number of hydrogen-bond acceptors (Lipinski definition) is 3. The van der Waals surface area contributed by atoms with Gasteiger partial charge in [0.15, 0.2) is 0 Å². The van der Waals surface area contributed by atoms with Crippen LogP contribution in [0.2, 0.25) is 0 Å². The fourth-order valence-corrected chi connectivity index (χ4v) is 4.26. The molecule has 0 unspecified atom stereocenters. The summed E-state index contributed by atoms with van der Waals surface area (Å²) in [6.45, 7) is 0. The van der Waals surface area contributed by atoms with Gasteiger partial charge in [0.25, 0.3) is 0 Å². The highest BCUT2D eigenvalue weighted by atomic mass is 33.1. The summed E-state index contributed by atoms with van der Waals surface area (Å²) in [5.41, 5.74) is 0. The maximum atomic E-state index is 2.07. The van der Waals surface area contributed by atoms with Gasteiger partial charge < -0.3 is 0 Å². The fraction of sp³-hybridized carbons (Fsp3) is 1.00. The number of thioether (sulfide) groups is 1. The summed E-state index contributed by atoms with van der Waals surface area (Å²) in [7, 11) is 4.02. The van der Waals surface area contributed by atoms with Crippen molar-refractivity contribution in [1.82, 2.24) is 0 Å². The van der Waals surface area contributed by atoms with E-state index in [2.05, 4.69) is 11.8 Å². The van der Waals surface area contributed by atoms with Crippen molar-refractivity contribution in [2.45, 2.75) is 0 Å². The van der Waals surface area contributed by atoms with E-state index in [0.29, 0.717) is 0 Å². The SMILES string of the molecule is C1CSSCCS1. The molecule has 0 aromatic carbocycles. The van der Waals surface area contributed by atoms with Gasteiger partial charge in [-0.1, -0.05) is 21.6 Å². The molecule has 0 aliphatic carbocycles. The number of rotatable bonds is 0. The lowest BCUT2D eigenvalue weighted by Crippen LogP contribution is -1.79. The highest BCUT2D eigenvalue weighted by Crippen LogP contribution is 2.26. The van der Waals surface area contributed by atoms with E-state index in [9.17, 15) is 0 Å². The highest BCUT2D eigenvalue weighted by Gasteiger charge is 1.96. The van der Waals surface area contributed by atoms with Crippen molar-refractivity contribution in [1.29, 1.82) is 0 Å². The summed E-state index contributed by atoms with van der Waals surface area (Å²) in [4.78, 5) is 0. The number of hydrogen-bond donors (Lipinski definition) is 0. The molecule has 7 heavy (non-hydrogen) atoms. The molecule has 0 atom stereocenters. The predicted molar refractivity (Wildman–Crippen MR) is 42.2 cm³/mol. The molecule has 0 nitrogen and oxygen atoms in total. The summed E-state index contributed by atoms with van der Waals surface area (Å²) in [5.74, 6) is 5.40. The standard InChI is InChI=1S/C4H8S3/c1-3-6-7-4-2-5-1/h1-4H2. The van der Waals surface area contributed by atoms with Crippen LogP contribution in [0.15, 0.2) is 0 Å². The van der Waals surface area contributed by atoms with Crippen molar-refractivity contribution in [2.75, 3.05) is 23.0 Å². The van der Waals surface area contributed by atoms with Gasteiger partial charge in [0, 0.05) is 23.0 Å². The zero-order valence-corrected chi connectivity index (χ0v) is 6.50. The van der Waals surface area contributed by atoms with Gasteiger partial charge in [0.2, 0.25) is 0 Å². The van der Waals surface area contributed by atoms with Crippen LogP contribution in [-0.2, 0) is 0 Å². The van der Waals surface area contributed by atoms with Gasteiger partial charge in [-0.25, -0.2) is 0 Å². The summed E-state index contributed by atoms with van der Waals surface area (Å²) >= 11 is 2.07. The Hall–Kier alpha value is 1.05. The van der Waals surface area contributed by atoms with Gasteiger partial charge in [-0.05, 0) is 0 Å². The molecule has 0 radical (unpaired) electrons. The van der Waals surface area contributed by atoms with E-state index in [0.717, 1.165) is 0 Å². The van der Waals surface area contributed by atoms with Crippen LogP contribution in [-0.4, -0.2) is 23.0 Å². The smallest absolute Gasteiger partial charge is 0.0128 e. The third-order valence-corrected chi connectivity index (χ3v) is 4.62. The predicted octanol–water partition coefficient (Wildman–Crippen LogP) is 2.11. The van der Waals surface area contributed by atoms with Crippen LogP contribution in [0.25, 0.3) is 0 Å². The van der Waals surface area contributed by atoms with E-state index in [1.54, 1.807) is 0 Å². The normalized spacial score (nSPS) is 24.0. The lowest BCUT2D eigenvalue weighted by molar-refractivity contribution is 1.51. The van der Waals surface area contributed by atoms with E-state index >= 15 is 0 Å². The summed E-state index contributed by atoms with van der Waals surface area (Å²) < 4.78 is 0. The zero-order valence-electron chi connectivity index (χ0n) is 4.05. The van der Waals surface area contributed by atoms with E-state index in [4.69, 9.17) is 0 Å². The Bertz CT molecular complexity index is 26.5. The molecule has 0 aromatic rings. The van der Waals surface area contributed by atoms with E-state index in [-0.39, 0.29) is 0 Å². The molecular weight excluding hydrogens is 144 g/mol. The molecule has 0 amide bonds. The minimum absolute atomic E-state index is 1.34.